The van der Waals surface area contributed by atoms with Crippen LogP contribution in [0.25, 0.3) is 0 Å². The largest absolute Gasteiger partial charge is 0.352 e. The standard InChI is InChI=1S/C13H15F2N3/c1-8-7-18-12(4-5-16-13(18)17-8)10-6-9(14)2-3-11(10)15/h2-3,6,8,12H,4-5,7H2,1H3,(H,16,17). The van der Waals surface area contributed by atoms with Gasteiger partial charge in [-0.25, -0.2) is 8.78 Å². The highest BCUT2D eigenvalue weighted by Gasteiger charge is 2.34. The predicted octanol–water partition coefficient (Wildman–Crippen LogP) is 2.06. The van der Waals surface area contributed by atoms with Crippen molar-refractivity contribution >= 4 is 5.96 Å². The summed E-state index contributed by atoms with van der Waals surface area (Å²) in [7, 11) is 0. The Kier molecular flexibility index (Phi) is 2.69. The Morgan fingerprint density at radius 1 is 1.39 bits per heavy atom. The molecule has 0 aromatic heterocycles. The van der Waals surface area contributed by atoms with Crippen molar-refractivity contribution in [3.8, 4) is 0 Å². The van der Waals surface area contributed by atoms with Gasteiger partial charge < -0.3 is 10.2 Å². The Labute approximate surface area is 105 Å². The number of hydrogen-bond acceptors (Lipinski definition) is 3. The van der Waals surface area contributed by atoms with E-state index in [4.69, 9.17) is 0 Å². The van der Waals surface area contributed by atoms with Crippen molar-refractivity contribution < 1.29 is 8.78 Å². The first-order chi connectivity index (χ1) is 8.65. The summed E-state index contributed by atoms with van der Waals surface area (Å²) in [5.74, 6) is 0.0697. The summed E-state index contributed by atoms with van der Waals surface area (Å²) in [5, 5.41) is 3.25. The third-order valence-electron chi connectivity index (χ3n) is 3.48. The van der Waals surface area contributed by atoms with E-state index in [0.29, 0.717) is 18.2 Å². The number of guanidine groups is 1. The Morgan fingerprint density at radius 3 is 3.06 bits per heavy atom. The second-order valence-corrected chi connectivity index (χ2v) is 4.87. The van der Waals surface area contributed by atoms with Gasteiger partial charge in [-0.1, -0.05) is 0 Å². The van der Waals surface area contributed by atoms with Crippen molar-refractivity contribution in [2.45, 2.75) is 25.4 Å². The number of nitrogens with zero attached hydrogens (tertiary/aromatic N) is 2. The van der Waals surface area contributed by atoms with Crippen LogP contribution in [0, 0.1) is 11.6 Å². The molecule has 0 bridgehead atoms. The monoisotopic (exact) mass is 251 g/mol. The zero-order valence-corrected chi connectivity index (χ0v) is 10.2. The topological polar surface area (TPSA) is 27.6 Å². The molecule has 2 heterocycles. The molecule has 2 aliphatic rings. The average Bonchev–Trinajstić information content (AvgIpc) is 2.72. The second kappa shape index (κ2) is 4.23. The van der Waals surface area contributed by atoms with E-state index >= 15 is 0 Å². The fourth-order valence-corrected chi connectivity index (χ4v) is 2.68. The van der Waals surface area contributed by atoms with Gasteiger partial charge in [-0.15, -0.1) is 0 Å². The maximum Gasteiger partial charge on any atom is 0.194 e. The van der Waals surface area contributed by atoms with Crippen LogP contribution >= 0.6 is 0 Å². The molecule has 2 atom stereocenters. The highest BCUT2D eigenvalue weighted by Crippen LogP contribution is 2.31. The molecule has 1 saturated heterocycles. The van der Waals surface area contributed by atoms with Crippen LogP contribution in [0.4, 0.5) is 8.78 Å². The number of rotatable bonds is 1. The van der Waals surface area contributed by atoms with E-state index in [1.807, 2.05) is 4.90 Å². The molecule has 0 spiro atoms. The molecule has 0 amide bonds. The molecule has 1 fully saturated rings. The van der Waals surface area contributed by atoms with E-state index in [9.17, 15) is 8.78 Å². The maximum absolute atomic E-state index is 13.9. The van der Waals surface area contributed by atoms with E-state index in [1.54, 1.807) is 0 Å². The van der Waals surface area contributed by atoms with Gasteiger partial charge in [0.05, 0.1) is 6.04 Å². The van der Waals surface area contributed by atoms with E-state index in [2.05, 4.69) is 17.2 Å². The Balaban J connectivity index is 1.97. The predicted molar refractivity (Wildman–Crippen MR) is 65.3 cm³/mol. The number of nitrogens with one attached hydrogen (secondary N) is 1. The minimum Gasteiger partial charge on any atom is -0.352 e. The van der Waals surface area contributed by atoms with Crippen LogP contribution in [0.5, 0.6) is 0 Å². The first kappa shape index (κ1) is 11.4. The molecule has 96 valence electrons. The van der Waals surface area contributed by atoms with Gasteiger partial charge >= 0.3 is 0 Å². The smallest absolute Gasteiger partial charge is 0.194 e. The van der Waals surface area contributed by atoms with Crippen molar-refractivity contribution in [1.29, 1.82) is 0 Å². The molecule has 3 rings (SSSR count). The van der Waals surface area contributed by atoms with Crippen LogP contribution in [0.2, 0.25) is 0 Å². The minimum absolute atomic E-state index is 0.120. The minimum atomic E-state index is -0.393. The zero-order valence-electron chi connectivity index (χ0n) is 10.2. The molecule has 18 heavy (non-hydrogen) atoms. The molecule has 2 aliphatic heterocycles. The highest BCUT2D eigenvalue weighted by molar-refractivity contribution is 5.83. The normalized spacial score (nSPS) is 26.6. The first-order valence-electron chi connectivity index (χ1n) is 6.18. The molecular weight excluding hydrogens is 236 g/mol. The third-order valence-corrected chi connectivity index (χ3v) is 3.48. The number of fused-ring (bicyclic) bond motifs is 1. The number of halogens is 2. The molecule has 0 aliphatic carbocycles. The molecule has 1 N–H and O–H groups in total. The fourth-order valence-electron chi connectivity index (χ4n) is 2.68. The lowest BCUT2D eigenvalue weighted by atomic mass is 10.0. The summed E-state index contributed by atoms with van der Waals surface area (Å²) in [6.07, 6.45) is 0.721. The van der Waals surface area contributed by atoms with Crippen LogP contribution < -0.4 is 5.32 Å². The van der Waals surface area contributed by atoms with Crippen LogP contribution in [-0.2, 0) is 0 Å². The molecular formula is C13H15F2N3. The lowest BCUT2D eigenvalue weighted by Crippen LogP contribution is -2.38. The number of benzene rings is 1. The van der Waals surface area contributed by atoms with Crippen LogP contribution in [-0.4, -0.2) is 30.0 Å². The molecule has 2 unspecified atom stereocenters. The average molecular weight is 251 g/mol. The van der Waals surface area contributed by atoms with Crippen molar-refractivity contribution in [2.75, 3.05) is 13.1 Å². The lowest BCUT2D eigenvalue weighted by molar-refractivity contribution is 0.296. The third kappa shape index (κ3) is 1.83. The molecule has 1 aromatic carbocycles. The quantitative estimate of drug-likeness (QED) is 0.827. The van der Waals surface area contributed by atoms with Crippen molar-refractivity contribution in [3.63, 3.8) is 0 Å². The summed E-state index contributed by atoms with van der Waals surface area (Å²) in [4.78, 5) is 6.42. The van der Waals surface area contributed by atoms with Crippen molar-refractivity contribution in [1.82, 2.24) is 10.2 Å². The maximum atomic E-state index is 13.9. The molecule has 0 saturated carbocycles. The summed E-state index contributed by atoms with van der Waals surface area (Å²) in [6, 6.07) is 3.82. The summed E-state index contributed by atoms with van der Waals surface area (Å²) >= 11 is 0. The molecule has 3 nitrogen and oxygen atoms in total. The van der Waals surface area contributed by atoms with Crippen molar-refractivity contribution in [3.05, 3.63) is 35.4 Å². The van der Waals surface area contributed by atoms with Crippen LogP contribution in [0.3, 0.4) is 0 Å². The molecule has 1 aromatic rings. The van der Waals surface area contributed by atoms with Gasteiger partial charge in [0.1, 0.15) is 11.6 Å². The van der Waals surface area contributed by atoms with Gasteiger partial charge in [0.15, 0.2) is 5.96 Å². The van der Waals surface area contributed by atoms with Gasteiger partial charge in [0.2, 0.25) is 0 Å². The van der Waals surface area contributed by atoms with E-state index in [-0.39, 0.29) is 11.9 Å². The van der Waals surface area contributed by atoms with Gasteiger partial charge in [-0.05, 0) is 31.5 Å². The Hall–Kier alpha value is -1.65. The Morgan fingerprint density at radius 2 is 2.22 bits per heavy atom. The van der Waals surface area contributed by atoms with Crippen LogP contribution in [0.1, 0.15) is 24.9 Å². The van der Waals surface area contributed by atoms with E-state index in [1.165, 1.54) is 12.1 Å². The second-order valence-electron chi connectivity index (χ2n) is 4.87. The summed E-state index contributed by atoms with van der Waals surface area (Å²) in [6.45, 7) is 3.48. The summed E-state index contributed by atoms with van der Waals surface area (Å²) in [5.41, 5.74) is 0.429. The fraction of sp³-hybridized carbons (Fsp3) is 0.462. The van der Waals surface area contributed by atoms with E-state index < -0.39 is 5.82 Å². The number of aliphatic imine (C=N–C) groups is 1. The van der Waals surface area contributed by atoms with E-state index in [0.717, 1.165) is 25.0 Å². The zero-order chi connectivity index (χ0) is 12.7. The van der Waals surface area contributed by atoms with Gasteiger partial charge in [-0.3, -0.25) is 4.99 Å². The molecule has 5 heteroatoms. The molecule has 0 radical (unpaired) electrons. The highest BCUT2D eigenvalue weighted by atomic mass is 19.1. The van der Waals surface area contributed by atoms with Crippen LogP contribution in [0.15, 0.2) is 23.2 Å². The number of hydrogen-bond donors (Lipinski definition) is 1. The Bertz CT molecular complexity index is 501. The van der Waals surface area contributed by atoms with Gasteiger partial charge in [0, 0.05) is 24.7 Å². The first-order valence-corrected chi connectivity index (χ1v) is 6.18. The van der Waals surface area contributed by atoms with Gasteiger partial charge in [-0.2, -0.15) is 0 Å². The van der Waals surface area contributed by atoms with Gasteiger partial charge in [0.25, 0.3) is 0 Å². The SMILES string of the molecule is CC1CN2C(=NCCC2c2cc(F)ccc2F)N1. The van der Waals surface area contributed by atoms with Crippen molar-refractivity contribution in [2.24, 2.45) is 4.99 Å². The lowest BCUT2D eigenvalue weighted by Gasteiger charge is -2.32. The summed E-state index contributed by atoms with van der Waals surface area (Å²) < 4.78 is 27.1.